The van der Waals surface area contributed by atoms with Crippen LogP contribution in [0.2, 0.25) is 0 Å². The average molecular weight is 928 g/mol. The monoisotopic (exact) mass is 927 g/mol. The summed E-state index contributed by atoms with van der Waals surface area (Å²) in [5.74, 6) is -2.59. The van der Waals surface area contributed by atoms with Crippen LogP contribution in [0.3, 0.4) is 0 Å². The van der Waals surface area contributed by atoms with E-state index in [4.69, 9.17) is 20.4 Å². The third-order valence-corrected chi connectivity index (χ3v) is 11.7. The van der Waals surface area contributed by atoms with E-state index in [9.17, 15) is 34.8 Å². The minimum atomic E-state index is -1.35. The standard InChI is InChI=1S/C34H34N4O4.C12H16N6O4.Co/c1-7-21-17(3)25-13-26-19(5)23(9-11-33(39)40)31(37-26)16-32-24(10-12-34(41)42)20(6)28(38-32)15-30-22(8-2)18(4)27(36-30)14-29(21)35-25;1-2-14-11(21)8-6(19)7(20)12(22-8)18-4-17-5-9(13)15-3-16-10(5)18;/h7-8,13-16,35-36H,1-2,9-12H2,3-6H3,(H,39,40)(H,41,42);3-4,6-8,12,19-20H,2H2,1H3,(H,14,21)(H2,13,15,16);/q;;+2/p-2/t;6-,7+,8-,12+;/m.0./s1. The number of carbonyl (C=O) groups is 3. The summed E-state index contributed by atoms with van der Waals surface area (Å²) in [4.78, 5) is 63.5. The van der Waals surface area contributed by atoms with E-state index < -0.39 is 42.4 Å². The van der Waals surface area contributed by atoms with Crippen molar-refractivity contribution in [2.24, 2.45) is 0 Å². The van der Waals surface area contributed by atoms with Crippen LogP contribution in [-0.2, 0) is 35.9 Å². The van der Waals surface area contributed by atoms with Crippen LogP contribution in [-0.4, -0.2) is 92.4 Å². The number of imidazole rings is 1. The second-order valence-electron chi connectivity index (χ2n) is 15.6. The number of carboxylic acid groups (broad SMARTS) is 2. The molecule has 4 atom stereocenters. The predicted octanol–water partition coefficient (Wildman–Crippen LogP) is 3.30. The molecule has 5 aromatic heterocycles. The molecule has 0 unspecified atom stereocenters. The Morgan fingerprint density at radius 1 is 0.800 bits per heavy atom. The van der Waals surface area contributed by atoms with E-state index in [2.05, 4.69) is 43.4 Å². The number of nitrogens with zero attached hydrogens (tertiary/aromatic N) is 6. The van der Waals surface area contributed by atoms with Crippen LogP contribution in [0, 0.1) is 13.8 Å². The number of aryl methyl sites for hydroxylation is 2. The molecule has 1 fully saturated rings. The number of aromatic amines is 2. The van der Waals surface area contributed by atoms with Crippen LogP contribution in [0.25, 0.3) is 67.7 Å². The smallest absolute Gasteiger partial charge is 0.550 e. The Morgan fingerprint density at radius 3 is 1.85 bits per heavy atom. The van der Waals surface area contributed by atoms with E-state index >= 15 is 0 Å². The molecule has 3 aliphatic rings. The van der Waals surface area contributed by atoms with Crippen LogP contribution >= 0.6 is 0 Å². The summed E-state index contributed by atoms with van der Waals surface area (Å²) in [5.41, 5.74) is 19.7. The summed E-state index contributed by atoms with van der Waals surface area (Å²) in [5, 5.41) is 45.5. The zero-order valence-electron chi connectivity index (χ0n) is 36.3. The van der Waals surface area contributed by atoms with Crippen LogP contribution in [0.4, 0.5) is 5.82 Å². The number of hydrogen-bond donors (Lipinski definition) is 6. The third-order valence-electron chi connectivity index (χ3n) is 11.7. The molecular weight excluding hydrogens is 880 g/mol. The minimum Gasteiger partial charge on any atom is -0.550 e. The maximum Gasteiger partial charge on any atom is 2.00 e. The zero-order chi connectivity index (χ0) is 46.1. The van der Waals surface area contributed by atoms with Crippen molar-refractivity contribution in [3.8, 4) is 0 Å². The number of H-pyrrole nitrogens is 2. The van der Waals surface area contributed by atoms with Crippen molar-refractivity contribution in [3.63, 3.8) is 0 Å². The zero-order valence-corrected chi connectivity index (χ0v) is 37.4. The molecule has 0 aliphatic carbocycles. The fourth-order valence-electron chi connectivity index (χ4n) is 8.19. The van der Waals surface area contributed by atoms with Gasteiger partial charge in [0.15, 0.2) is 23.8 Å². The van der Waals surface area contributed by atoms with Crippen LogP contribution in [0.1, 0.15) is 97.7 Å². The van der Waals surface area contributed by atoms with E-state index in [1.54, 1.807) is 13.0 Å². The van der Waals surface area contributed by atoms with Gasteiger partial charge in [-0.15, -0.1) is 0 Å². The van der Waals surface area contributed by atoms with Gasteiger partial charge in [-0.2, -0.15) is 0 Å². The summed E-state index contributed by atoms with van der Waals surface area (Å²) in [6, 6.07) is 7.78. The summed E-state index contributed by atoms with van der Waals surface area (Å²) >= 11 is 0. The number of fused-ring (bicyclic) bond motifs is 9. The first-order valence-electron chi connectivity index (χ1n) is 20.6. The third kappa shape index (κ3) is 9.27. The van der Waals surface area contributed by atoms with Crippen molar-refractivity contribution < 1.29 is 56.3 Å². The second-order valence-corrected chi connectivity index (χ2v) is 15.6. The molecule has 0 saturated carbocycles. The number of carboxylic acids is 2. The number of nitrogen functional groups attached to an aromatic ring is 1. The maximum absolute atomic E-state index is 11.9. The number of carbonyl (C=O) groups excluding carboxylic acids is 3. The number of aliphatic hydroxyl groups excluding tert-OH is 2. The first-order valence-corrected chi connectivity index (χ1v) is 20.6. The second kappa shape index (κ2) is 19.5. The van der Waals surface area contributed by atoms with Gasteiger partial charge in [-0.1, -0.05) is 25.3 Å². The number of anilines is 1. The van der Waals surface area contributed by atoms with Gasteiger partial charge >= 0.3 is 16.8 Å². The fraction of sp³-hybridized carbons (Fsp3) is 0.304. The molecule has 1 amide bonds. The first-order chi connectivity index (χ1) is 30.6. The number of nitrogens with two attached hydrogens (primary N) is 1. The Morgan fingerprint density at radius 2 is 1.32 bits per heavy atom. The number of aromatic nitrogens is 8. The molecule has 8 heterocycles. The molecule has 1 saturated heterocycles. The van der Waals surface area contributed by atoms with Crippen molar-refractivity contribution in [1.82, 2.24) is 44.8 Å². The number of rotatable bonds is 11. The van der Waals surface area contributed by atoms with Crippen molar-refractivity contribution in [2.75, 3.05) is 12.3 Å². The van der Waals surface area contributed by atoms with Crippen LogP contribution in [0.15, 0.2) is 50.1 Å². The SMILES string of the molecule is C=Cc1c(C)c2cc3[nH]c(cc4nc(cc5nc(cc1[nH]2)C(C)=C5CCC(=O)[O-])C(CCC(=O)[O-])=C4C)c(C)c3C=C.CCNC(=O)[C@H]1O[C@@H](n2cnc3c(N)ncnc32)[C@H](O)[C@@H]1O.[Co+2]. The Hall–Kier alpha value is -6.77. The molecule has 8 bridgehead atoms. The van der Waals surface area contributed by atoms with E-state index in [0.29, 0.717) is 40.5 Å². The van der Waals surface area contributed by atoms with E-state index in [-0.39, 0.29) is 48.3 Å². The fourth-order valence-corrected chi connectivity index (χ4v) is 8.19. The number of ether oxygens (including phenoxy) is 1. The van der Waals surface area contributed by atoms with E-state index in [1.807, 2.05) is 58.0 Å². The van der Waals surface area contributed by atoms with Gasteiger partial charge in [0.2, 0.25) is 0 Å². The van der Waals surface area contributed by atoms with Gasteiger partial charge in [0, 0.05) is 51.7 Å². The summed E-state index contributed by atoms with van der Waals surface area (Å²) < 4.78 is 6.92. The molecule has 0 aromatic carbocycles. The van der Waals surface area contributed by atoms with Gasteiger partial charge in [0.05, 0.1) is 29.1 Å². The maximum atomic E-state index is 11.9. The molecule has 18 nitrogen and oxygen atoms in total. The quantitative estimate of drug-likeness (QED) is 0.111. The predicted molar refractivity (Wildman–Crippen MR) is 238 cm³/mol. The van der Waals surface area contributed by atoms with Gasteiger partial charge in [-0.25, -0.2) is 24.9 Å². The number of aliphatic hydroxyl groups is 2. The summed E-state index contributed by atoms with van der Waals surface area (Å²) in [6.45, 7) is 18.1. The van der Waals surface area contributed by atoms with E-state index in [1.165, 1.54) is 17.2 Å². The minimum absolute atomic E-state index is 0. The normalized spacial score (nSPS) is 18.0. The molecular formula is C46H48CoN10O8. The molecule has 7 N–H and O–H groups in total. The van der Waals surface area contributed by atoms with Crippen molar-refractivity contribution in [3.05, 3.63) is 95.1 Å². The molecule has 19 heteroatoms. The molecule has 5 aromatic rings. The Labute approximate surface area is 383 Å². The summed E-state index contributed by atoms with van der Waals surface area (Å²) in [7, 11) is 0. The molecule has 1 radical (unpaired) electrons. The van der Waals surface area contributed by atoms with Gasteiger partial charge in [-0.05, 0) is 118 Å². The number of likely N-dealkylation sites (N-methyl/N-ethyl adjacent to an activating group) is 1. The van der Waals surface area contributed by atoms with Crippen molar-refractivity contribution >= 4 is 91.3 Å². The van der Waals surface area contributed by atoms with Gasteiger partial charge in [-0.3, -0.25) is 9.36 Å². The van der Waals surface area contributed by atoms with Crippen LogP contribution in [0.5, 0.6) is 0 Å². The largest absolute Gasteiger partial charge is 2.00 e. The molecule has 65 heavy (non-hydrogen) atoms. The van der Waals surface area contributed by atoms with Gasteiger partial charge in [0.1, 0.15) is 24.1 Å². The average Bonchev–Trinajstić information content (AvgIpc) is 4.07. The number of hydrogen-bond acceptors (Lipinski definition) is 14. The van der Waals surface area contributed by atoms with Crippen molar-refractivity contribution in [1.29, 1.82) is 0 Å². The molecule has 3 aliphatic heterocycles. The Balaban J connectivity index is 0.000000256. The van der Waals surface area contributed by atoms with Crippen molar-refractivity contribution in [2.45, 2.75) is 84.8 Å². The number of aliphatic carboxylic acids is 2. The van der Waals surface area contributed by atoms with E-state index in [0.717, 1.165) is 66.6 Å². The number of allylic oxidation sites excluding steroid dienone is 4. The Kier molecular flexibility index (Phi) is 14.3. The van der Waals surface area contributed by atoms with Gasteiger partial charge < -0.3 is 55.8 Å². The molecule has 339 valence electrons. The number of amides is 1. The van der Waals surface area contributed by atoms with Gasteiger partial charge in [0.25, 0.3) is 5.91 Å². The summed E-state index contributed by atoms with van der Waals surface area (Å²) in [6.07, 6.45) is 1.59. The molecule has 8 rings (SSSR count). The first kappa shape index (κ1) is 47.7. The van der Waals surface area contributed by atoms with Crippen LogP contribution < -0.4 is 21.3 Å². The number of nitrogens with one attached hydrogen (secondary N) is 3. The Bertz CT molecular complexity index is 2980. The molecule has 0 spiro atoms. The topological polar surface area (TPSA) is 286 Å².